The Bertz CT molecular complexity index is 289. The van der Waals surface area contributed by atoms with E-state index in [9.17, 15) is 0 Å². The molecule has 0 aliphatic carbocycles. The minimum absolute atomic E-state index is 0.772. The van der Waals surface area contributed by atoms with E-state index in [1.54, 1.807) is 0 Å². The summed E-state index contributed by atoms with van der Waals surface area (Å²) in [5.41, 5.74) is 1.53. The van der Waals surface area contributed by atoms with Gasteiger partial charge in [0.05, 0.1) is 0 Å². The summed E-state index contributed by atoms with van der Waals surface area (Å²) in [6.45, 7) is 4.59. The first-order chi connectivity index (χ1) is 8.27. The Balaban J connectivity index is 2.35. The van der Waals surface area contributed by atoms with Crippen LogP contribution in [0.5, 0.6) is 0 Å². The topological polar surface area (TPSA) is 0 Å². The zero-order chi connectivity index (χ0) is 12.5. The summed E-state index contributed by atoms with van der Waals surface area (Å²) in [5.74, 6) is 0.772. The Morgan fingerprint density at radius 2 is 1.59 bits per heavy atom. The Morgan fingerprint density at radius 1 is 0.941 bits per heavy atom. The standard InChI is InChI=1S/C16H25I/c1-3-5-6-7-8-9-14(4-2)15-10-12-16(17)13-11-15/h10-14H,3-9H2,1-2H3/t14-/m0/s1. The van der Waals surface area contributed by atoms with E-state index in [4.69, 9.17) is 0 Å². The van der Waals surface area contributed by atoms with Crippen LogP contribution in [0.15, 0.2) is 24.3 Å². The number of hydrogen-bond acceptors (Lipinski definition) is 0. The second-order valence-corrected chi connectivity index (χ2v) is 6.11. The maximum absolute atomic E-state index is 2.38. The number of benzene rings is 1. The molecule has 0 heterocycles. The smallest absolute Gasteiger partial charge is 0.0130 e. The fourth-order valence-electron chi connectivity index (χ4n) is 2.34. The zero-order valence-corrected chi connectivity index (χ0v) is 13.4. The van der Waals surface area contributed by atoms with Crippen molar-refractivity contribution in [2.24, 2.45) is 0 Å². The van der Waals surface area contributed by atoms with Crippen LogP contribution in [-0.2, 0) is 0 Å². The highest BCUT2D eigenvalue weighted by atomic mass is 127. The lowest BCUT2D eigenvalue weighted by atomic mass is 9.91. The van der Waals surface area contributed by atoms with Crippen LogP contribution in [0, 0.1) is 3.57 Å². The SMILES string of the molecule is CCCCCCC[C@H](CC)c1ccc(I)cc1. The molecule has 1 atom stereocenters. The quantitative estimate of drug-likeness (QED) is 0.392. The molecule has 1 aromatic carbocycles. The van der Waals surface area contributed by atoms with Crippen LogP contribution < -0.4 is 0 Å². The molecule has 0 unspecified atom stereocenters. The third kappa shape index (κ3) is 5.89. The van der Waals surface area contributed by atoms with Gasteiger partial charge in [-0.05, 0) is 59.0 Å². The van der Waals surface area contributed by atoms with Gasteiger partial charge in [-0.15, -0.1) is 0 Å². The molecule has 0 aliphatic rings. The third-order valence-corrected chi connectivity index (χ3v) is 4.21. The molecule has 0 saturated carbocycles. The predicted molar refractivity (Wildman–Crippen MR) is 85.6 cm³/mol. The van der Waals surface area contributed by atoms with E-state index in [0.29, 0.717) is 0 Å². The average Bonchev–Trinajstić information content (AvgIpc) is 2.35. The van der Waals surface area contributed by atoms with Crippen LogP contribution >= 0.6 is 22.6 Å². The first-order valence-corrected chi connectivity index (χ1v) is 8.11. The van der Waals surface area contributed by atoms with Crippen molar-refractivity contribution < 1.29 is 0 Å². The van der Waals surface area contributed by atoms with Crippen molar-refractivity contribution in [3.8, 4) is 0 Å². The lowest BCUT2D eigenvalue weighted by molar-refractivity contribution is 0.535. The van der Waals surface area contributed by atoms with Crippen LogP contribution in [0.2, 0.25) is 0 Å². The van der Waals surface area contributed by atoms with E-state index >= 15 is 0 Å². The van der Waals surface area contributed by atoms with Gasteiger partial charge in [0.25, 0.3) is 0 Å². The van der Waals surface area contributed by atoms with Crippen molar-refractivity contribution in [1.29, 1.82) is 0 Å². The van der Waals surface area contributed by atoms with Gasteiger partial charge < -0.3 is 0 Å². The predicted octanol–water partition coefficient (Wildman–Crippen LogP) is 6.15. The summed E-state index contributed by atoms with van der Waals surface area (Å²) in [5, 5.41) is 0. The summed E-state index contributed by atoms with van der Waals surface area (Å²) in [4.78, 5) is 0. The van der Waals surface area contributed by atoms with E-state index in [-0.39, 0.29) is 0 Å². The van der Waals surface area contributed by atoms with E-state index in [2.05, 4.69) is 60.7 Å². The van der Waals surface area contributed by atoms with Crippen molar-refractivity contribution in [2.45, 2.75) is 64.7 Å². The molecule has 96 valence electrons. The second kappa shape index (κ2) is 8.96. The van der Waals surface area contributed by atoms with Gasteiger partial charge in [-0.3, -0.25) is 0 Å². The van der Waals surface area contributed by atoms with Crippen LogP contribution in [0.25, 0.3) is 0 Å². The molecule has 0 fully saturated rings. The summed E-state index contributed by atoms with van der Waals surface area (Å²) in [6.07, 6.45) is 9.60. The molecular formula is C16H25I. The van der Waals surface area contributed by atoms with Gasteiger partial charge in [0, 0.05) is 3.57 Å². The van der Waals surface area contributed by atoms with Crippen molar-refractivity contribution in [1.82, 2.24) is 0 Å². The molecule has 0 bridgehead atoms. The highest BCUT2D eigenvalue weighted by molar-refractivity contribution is 14.1. The van der Waals surface area contributed by atoms with Gasteiger partial charge in [-0.1, -0.05) is 58.1 Å². The first kappa shape index (κ1) is 15.0. The Kier molecular flexibility index (Phi) is 7.91. The number of halogens is 1. The zero-order valence-electron chi connectivity index (χ0n) is 11.2. The minimum Gasteiger partial charge on any atom is -0.0654 e. The van der Waals surface area contributed by atoms with Crippen LogP contribution in [0.4, 0.5) is 0 Å². The Hall–Kier alpha value is -0.0500. The highest BCUT2D eigenvalue weighted by Crippen LogP contribution is 2.26. The number of unbranched alkanes of at least 4 members (excludes halogenated alkanes) is 4. The first-order valence-electron chi connectivity index (χ1n) is 7.03. The van der Waals surface area contributed by atoms with E-state index < -0.39 is 0 Å². The molecule has 17 heavy (non-hydrogen) atoms. The van der Waals surface area contributed by atoms with Crippen molar-refractivity contribution in [2.75, 3.05) is 0 Å². The molecular weight excluding hydrogens is 319 g/mol. The molecule has 0 aliphatic heterocycles. The molecule has 0 nitrogen and oxygen atoms in total. The summed E-state index contributed by atoms with van der Waals surface area (Å²) in [6, 6.07) is 9.08. The van der Waals surface area contributed by atoms with Crippen LogP contribution in [0.1, 0.15) is 70.3 Å². The van der Waals surface area contributed by atoms with Gasteiger partial charge in [-0.25, -0.2) is 0 Å². The van der Waals surface area contributed by atoms with Crippen molar-refractivity contribution >= 4 is 22.6 Å². The van der Waals surface area contributed by atoms with Gasteiger partial charge in [-0.2, -0.15) is 0 Å². The molecule has 0 N–H and O–H groups in total. The largest absolute Gasteiger partial charge is 0.0654 e. The molecule has 0 spiro atoms. The van der Waals surface area contributed by atoms with Crippen molar-refractivity contribution in [3.63, 3.8) is 0 Å². The molecule has 0 aromatic heterocycles. The molecule has 1 rings (SSSR count). The fraction of sp³-hybridized carbons (Fsp3) is 0.625. The Labute approximate surface area is 120 Å². The summed E-state index contributed by atoms with van der Waals surface area (Å²) < 4.78 is 1.34. The van der Waals surface area contributed by atoms with Crippen LogP contribution in [-0.4, -0.2) is 0 Å². The normalized spacial score (nSPS) is 12.6. The lowest BCUT2D eigenvalue weighted by Gasteiger charge is -2.15. The fourth-order valence-corrected chi connectivity index (χ4v) is 2.70. The number of rotatable bonds is 8. The monoisotopic (exact) mass is 344 g/mol. The molecule has 0 saturated heterocycles. The highest BCUT2D eigenvalue weighted by Gasteiger charge is 2.08. The van der Waals surface area contributed by atoms with E-state index in [0.717, 1.165) is 5.92 Å². The van der Waals surface area contributed by atoms with Gasteiger partial charge in [0.1, 0.15) is 0 Å². The summed E-state index contributed by atoms with van der Waals surface area (Å²) >= 11 is 2.38. The van der Waals surface area contributed by atoms with Gasteiger partial charge in [0.2, 0.25) is 0 Å². The summed E-state index contributed by atoms with van der Waals surface area (Å²) in [7, 11) is 0. The molecule has 0 amide bonds. The Morgan fingerprint density at radius 3 is 2.18 bits per heavy atom. The second-order valence-electron chi connectivity index (χ2n) is 4.86. The lowest BCUT2D eigenvalue weighted by Crippen LogP contribution is -1.97. The average molecular weight is 344 g/mol. The molecule has 1 aromatic rings. The maximum atomic E-state index is 2.38. The molecule has 1 heteroatoms. The van der Waals surface area contributed by atoms with Crippen LogP contribution in [0.3, 0.4) is 0 Å². The van der Waals surface area contributed by atoms with Crippen molar-refractivity contribution in [3.05, 3.63) is 33.4 Å². The number of hydrogen-bond donors (Lipinski definition) is 0. The van der Waals surface area contributed by atoms with E-state index in [1.165, 1.54) is 54.1 Å². The van der Waals surface area contributed by atoms with Gasteiger partial charge in [0.15, 0.2) is 0 Å². The van der Waals surface area contributed by atoms with E-state index in [1.807, 2.05) is 0 Å². The van der Waals surface area contributed by atoms with Gasteiger partial charge >= 0.3 is 0 Å². The third-order valence-electron chi connectivity index (χ3n) is 3.49. The maximum Gasteiger partial charge on any atom is 0.0130 e. The molecule has 0 radical (unpaired) electrons. The minimum atomic E-state index is 0.772.